The topological polar surface area (TPSA) is 142 Å². The van der Waals surface area contributed by atoms with Crippen molar-refractivity contribution < 1.29 is 57.0 Å². The van der Waals surface area contributed by atoms with E-state index in [-0.39, 0.29) is 26.2 Å². The Kier molecular flexibility index (Phi) is 15.3. The van der Waals surface area contributed by atoms with Crippen molar-refractivity contribution in [2.75, 3.05) is 67.1 Å². The van der Waals surface area contributed by atoms with E-state index in [9.17, 15) is 23.5 Å². The summed E-state index contributed by atoms with van der Waals surface area (Å²) >= 11 is 0. The lowest BCUT2D eigenvalue weighted by Crippen LogP contribution is -2.42. The highest BCUT2D eigenvalue weighted by Crippen LogP contribution is 2.40. The molecule has 46 heavy (non-hydrogen) atoms. The van der Waals surface area contributed by atoms with Gasteiger partial charge < -0.3 is 44.0 Å². The summed E-state index contributed by atoms with van der Waals surface area (Å²) in [5.74, 6) is -3.62. The van der Waals surface area contributed by atoms with Crippen LogP contribution in [0.2, 0.25) is 0 Å². The highest BCUT2D eigenvalue weighted by Gasteiger charge is 2.25. The third kappa shape index (κ3) is 11.0. The van der Waals surface area contributed by atoms with Gasteiger partial charge in [0.2, 0.25) is 0 Å². The van der Waals surface area contributed by atoms with Crippen LogP contribution in [0.1, 0.15) is 21.5 Å². The second-order valence-electron chi connectivity index (χ2n) is 9.85. The van der Waals surface area contributed by atoms with E-state index in [0.717, 1.165) is 29.3 Å². The van der Waals surface area contributed by atoms with Gasteiger partial charge in [-0.1, -0.05) is 30.3 Å². The summed E-state index contributed by atoms with van der Waals surface area (Å²) in [6.45, 7) is 2.98. The second-order valence-corrected chi connectivity index (χ2v) is 9.85. The SMILES string of the molecule is COc1cc(COCCOCCOCCOCCO)cc(OC)c1-c1ccc(C[C@H](NC(=O)c2c(F)cccc2F)C(=O)O)cc1. The number of rotatable bonds is 21. The molecule has 0 aromatic heterocycles. The van der Waals surface area contributed by atoms with Gasteiger partial charge >= 0.3 is 5.97 Å². The molecule has 0 spiro atoms. The van der Waals surface area contributed by atoms with Crippen molar-refractivity contribution in [3.63, 3.8) is 0 Å². The number of aliphatic hydroxyl groups is 1. The smallest absolute Gasteiger partial charge is 0.326 e. The zero-order chi connectivity index (χ0) is 33.3. The van der Waals surface area contributed by atoms with Gasteiger partial charge in [0.1, 0.15) is 34.7 Å². The van der Waals surface area contributed by atoms with E-state index in [4.69, 9.17) is 33.5 Å². The molecule has 1 amide bonds. The highest BCUT2D eigenvalue weighted by molar-refractivity contribution is 5.97. The standard InChI is InChI=1S/C33H39F2NO10/c1-41-28-19-23(21-46-17-16-45-15-14-44-13-12-43-11-10-37)20-29(42-2)30(28)24-8-6-22(7-9-24)18-27(33(39)40)36-32(38)31-25(34)4-3-5-26(31)35/h3-9,19-20,27,37H,10-18,21H2,1-2H3,(H,36,38)(H,39,40)/t27-/m0/s1. The molecule has 0 bridgehead atoms. The minimum atomic E-state index is -1.43. The molecule has 3 N–H and O–H groups in total. The van der Waals surface area contributed by atoms with Gasteiger partial charge in [-0.2, -0.15) is 0 Å². The molecular weight excluding hydrogens is 608 g/mol. The predicted molar refractivity (Wildman–Crippen MR) is 163 cm³/mol. The van der Waals surface area contributed by atoms with Gasteiger partial charge in [-0.25, -0.2) is 13.6 Å². The Morgan fingerprint density at radius 1 is 0.761 bits per heavy atom. The summed E-state index contributed by atoms with van der Waals surface area (Å²) in [4.78, 5) is 24.3. The molecule has 0 unspecified atom stereocenters. The van der Waals surface area contributed by atoms with Gasteiger partial charge in [-0.05, 0) is 41.0 Å². The van der Waals surface area contributed by atoms with E-state index >= 15 is 0 Å². The summed E-state index contributed by atoms with van der Waals surface area (Å²) in [7, 11) is 3.06. The van der Waals surface area contributed by atoms with Crippen LogP contribution in [0.4, 0.5) is 8.78 Å². The zero-order valence-corrected chi connectivity index (χ0v) is 25.8. The first-order valence-corrected chi connectivity index (χ1v) is 14.5. The second kappa shape index (κ2) is 19.4. The first-order chi connectivity index (χ1) is 22.3. The quantitative estimate of drug-likeness (QED) is 0.147. The van der Waals surface area contributed by atoms with Crippen molar-refractivity contribution in [2.45, 2.75) is 19.1 Å². The van der Waals surface area contributed by atoms with Crippen molar-refractivity contribution in [3.8, 4) is 22.6 Å². The van der Waals surface area contributed by atoms with E-state index < -0.39 is 35.1 Å². The van der Waals surface area contributed by atoms with Gasteiger partial charge in [-0.15, -0.1) is 0 Å². The van der Waals surface area contributed by atoms with E-state index in [0.29, 0.717) is 62.3 Å². The minimum absolute atomic E-state index is 0.0169. The maximum Gasteiger partial charge on any atom is 0.326 e. The van der Waals surface area contributed by atoms with Gasteiger partial charge in [0.25, 0.3) is 5.91 Å². The number of carbonyl (C=O) groups is 2. The fraction of sp³-hybridized carbons (Fsp3) is 0.394. The fourth-order valence-corrected chi connectivity index (χ4v) is 4.44. The Balaban J connectivity index is 1.57. The summed E-state index contributed by atoms with van der Waals surface area (Å²) in [6, 6.07) is 12.1. The number of carboxylic acids is 1. The average molecular weight is 648 g/mol. The molecular formula is C33H39F2NO10. The molecule has 3 aromatic rings. The Hall–Kier alpha value is -4.14. The molecule has 3 aromatic carbocycles. The number of nitrogens with one attached hydrogen (secondary N) is 1. The summed E-state index contributed by atoms with van der Waals surface area (Å²) in [5, 5.41) is 20.5. The Morgan fingerprint density at radius 2 is 1.28 bits per heavy atom. The van der Waals surface area contributed by atoms with Crippen LogP contribution in [-0.4, -0.2) is 95.2 Å². The molecule has 1 atom stereocenters. The van der Waals surface area contributed by atoms with Crippen molar-refractivity contribution in [2.24, 2.45) is 0 Å². The zero-order valence-electron chi connectivity index (χ0n) is 25.8. The van der Waals surface area contributed by atoms with E-state index in [1.54, 1.807) is 24.3 Å². The normalized spacial score (nSPS) is 11.7. The molecule has 0 saturated carbocycles. The number of hydrogen-bond donors (Lipinski definition) is 3. The fourth-order valence-electron chi connectivity index (χ4n) is 4.44. The van der Waals surface area contributed by atoms with Gasteiger partial charge in [-0.3, -0.25) is 4.79 Å². The molecule has 0 saturated heterocycles. The molecule has 0 heterocycles. The third-order valence-electron chi connectivity index (χ3n) is 6.66. The van der Waals surface area contributed by atoms with E-state index in [1.165, 1.54) is 14.2 Å². The number of carbonyl (C=O) groups excluding carboxylic acids is 1. The van der Waals surface area contributed by atoms with Crippen LogP contribution < -0.4 is 14.8 Å². The van der Waals surface area contributed by atoms with Crippen LogP contribution in [0.25, 0.3) is 11.1 Å². The number of hydrogen-bond acceptors (Lipinski definition) is 9. The maximum atomic E-state index is 14.0. The number of ether oxygens (including phenoxy) is 6. The molecule has 0 aliphatic rings. The summed E-state index contributed by atoms with van der Waals surface area (Å²) in [6.07, 6.45) is -0.126. The van der Waals surface area contributed by atoms with Crippen LogP contribution in [-0.2, 0) is 36.8 Å². The van der Waals surface area contributed by atoms with Crippen LogP contribution in [0.5, 0.6) is 11.5 Å². The Morgan fingerprint density at radius 3 is 1.78 bits per heavy atom. The van der Waals surface area contributed by atoms with Crippen molar-refractivity contribution >= 4 is 11.9 Å². The highest BCUT2D eigenvalue weighted by atomic mass is 19.1. The molecule has 0 radical (unpaired) electrons. The Labute approximate surface area is 265 Å². The van der Waals surface area contributed by atoms with Crippen LogP contribution in [0.15, 0.2) is 54.6 Å². The van der Waals surface area contributed by atoms with Crippen molar-refractivity contribution in [1.29, 1.82) is 0 Å². The number of halogens is 2. The number of aliphatic hydroxyl groups excluding tert-OH is 1. The molecule has 3 rings (SSSR count). The van der Waals surface area contributed by atoms with Crippen molar-refractivity contribution in [1.82, 2.24) is 5.32 Å². The lowest BCUT2D eigenvalue weighted by atomic mass is 9.98. The molecule has 0 aliphatic heterocycles. The summed E-state index contributed by atoms with van der Waals surface area (Å²) < 4.78 is 61.0. The van der Waals surface area contributed by atoms with Crippen LogP contribution >= 0.6 is 0 Å². The first kappa shape index (κ1) is 36.3. The number of aliphatic carboxylic acids is 1. The summed E-state index contributed by atoms with van der Waals surface area (Å²) in [5.41, 5.74) is 1.93. The van der Waals surface area contributed by atoms with Crippen molar-refractivity contribution in [3.05, 3.63) is 82.9 Å². The van der Waals surface area contributed by atoms with E-state index in [1.807, 2.05) is 12.1 Å². The number of carboxylic acid groups (broad SMARTS) is 1. The van der Waals surface area contributed by atoms with Crippen LogP contribution in [0.3, 0.4) is 0 Å². The molecule has 11 nitrogen and oxygen atoms in total. The lowest BCUT2D eigenvalue weighted by Gasteiger charge is -2.17. The number of amides is 1. The Bertz CT molecular complexity index is 1360. The monoisotopic (exact) mass is 647 g/mol. The number of methoxy groups -OCH3 is 2. The maximum absolute atomic E-state index is 14.0. The number of benzene rings is 3. The predicted octanol–water partition coefficient (Wildman–Crippen LogP) is 3.63. The molecule has 250 valence electrons. The molecule has 0 aliphatic carbocycles. The van der Waals surface area contributed by atoms with Gasteiger partial charge in [0.05, 0.1) is 79.2 Å². The van der Waals surface area contributed by atoms with Gasteiger partial charge in [0, 0.05) is 6.42 Å². The largest absolute Gasteiger partial charge is 0.496 e. The third-order valence-corrected chi connectivity index (χ3v) is 6.66. The first-order valence-electron chi connectivity index (χ1n) is 14.5. The molecule has 13 heteroatoms. The molecule has 0 fully saturated rings. The average Bonchev–Trinajstić information content (AvgIpc) is 3.04. The van der Waals surface area contributed by atoms with Gasteiger partial charge in [0.15, 0.2) is 0 Å². The lowest BCUT2D eigenvalue weighted by molar-refractivity contribution is -0.139. The van der Waals surface area contributed by atoms with E-state index in [2.05, 4.69) is 5.32 Å². The minimum Gasteiger partial charge on any atom is -0.496 e. The van der Waals surface area contributed by atoms with Crippen LogP contribution in [0, 0.1) is 11.6 Å².